The maximum atomic E-state index is 5.65. The van der Waals surface area contributed by atoms with Crippen LogP contribution in [-0.2, 0) is 0 Å². The van der Waals surface area contributed by atoms with Crippen LogP contribution in [0.1, 0.15) is 38.7 Å². The summed E-state index contributed by atoms with van der Waals surface area (Å²) in [4.78, 5) is 2.28. The Morgan fingerprint density at radius 1 is 1.18 bits per heavy atom. The summed E-state index contributed by atoms with van der Waals surface area (Å²) >= 11 is 0. The van der Waals surface area contributed by atoms with Gasteiger partial charge < -0.3 is 10.6 Å². The summed E-state index contributed by atoms with van der Waals surface area (Å²) in [6.07, 6.45) is 1.19. The first kappa shape index (κ1) is 14.0. The summed E-state index contributed by atoms with van der Waals surface area (Å²) in [6.45, 7) is 8.45. The third-order valence-electron chi connectivity index (χ3n) is 3.50. The smallest absolute Gasteiger partial charge is 0.0363 e. The fourth-order valence-corrected chi connectivity index (χ4v) is 1.94. The lowest BCUT2D eigenvalue weighted by Gasteiger charge is -2.23. The highest BCUT2D eigenvalue weighted by atomic mass is 15.1. The minimum Gasteiger partial charge on any atom is -0.374 e. The van der Waals surface area contributed by atoms with Gasteiger partial charge in [0.15, 0.2) is 0 Å². The minimum absolute atomic E-state index is 0.536. The van der Waals surface area contributed by atoms with Crippen LogP contribution in [0.25, 0.3) is 0 Å². The SMILES string of the molecule is CCC(C)c1ccc(N(C)CC(C)CN)cc1. The van der Waals surface area contributed by atoms with E-state index in [2.05, 4.69) is 57.0 Å². The second-order valence-corrected chi connectivity index (χ2v) is 5.12. The molecule has 2 heteroatoms. The zero-order chi connectivity index (χ0) is 12.8. The minimum atomic E-state index is 0.536. The van der Waals surface area contributed by atoms with Crippen LogP contribution in [0.5, 0.6) is 0 Å². The Kier molecular flexibility index (Phi) is 5.49. The van der Waals surface area contributed by atoms with Crippen LogP contribution < -0.4 is 10.6 Å². The van der Waals surface area contributed by atoms with Crippen molar-refractivity contribution in [3.63, 3.8) is 0 Å². The lowest BCUT2D eigenvalue weighted by atomic mass is 9.98. The highest BCUT2D eigenvalue weighted by molar-refractivity contribution is 5.47. The van der Waals surface area contributed by atoms with E-state index in [-0.39, 0.29) is 0 Å². The van der Waals surface area contributed by atoms with Gasteiger partial charge in [0.2, 0.25) is 0 Å². The molecule has 0 spiro atoms. The van der Waals surface area contributed by atoms with Gasteiger partial charge in [-0.05, 0) is 42.5 Å². The number of hydrogen-bond acceptors (Lipinski definition) is 2. The van der Waals surface area contributed by atoms with E-state index in [0.717, 1.165) is 13.1 Å². The van der Waals surface area contributed by atoms with Gasteiger partial charge in [0.25, 0.3) is 0 Å². The number of anilines is 1. The Balaban J connectivity index is 2.66. The first-order chi connectivity index (χ1) is 8.08. The van der Waals surface area contributed by atoms with Crippen molar-refractivity contribution in [1.29, 1.82) is 0 Å². The summed E-state index contributed by atoms with van der Waals surface area (Å²) < 4.78 is 0. The van der Waals surface area contributed by atoms with Crippen molar-refractivity contribution >= 4 is 5.69 Å². The van der Waals surface area contributed by atoms with E-state index in [1.54, 1.807) is 0 Å². The van der Waals surface area contributed by atoms with Gasteiger partial charge in [0.1, 0.15) is 0 Å². The van der Waals surface area contributed by atoms with Gasteiger partial charge in [-0.3, -0.25) is 0 Å². The molecule has 96 valence electrons. The number of rotatable bonds is 6. The lowest BCUT2D eigenvalue weighted by molar-refractivity contribution is 0.590. The molecule has 2 N–H and O–H groups in total. The Morgan fingerprint density at radius 3 is 2.24 bits per heavy atom. The van der Waals surface area contributed by atoms with Crippen LogP contribution in [0.15, 0.2) is 24.3 Å². The molecule has 0 saturated heterocycles. The molecule has 1 rings (SSSR count). The van der Waals surface area contributed by atoms with E-state index in [0.29, 0.717) is 11.8 Å². The Bertz CT molecular complexity index is 318. The van der Waals surface area contributed by atoms with Crippen molar-refractivity contribution in [2.45, 2.75) is 33.1 Å². The van der Waals surface area contributed by atoms with Crippen molar-refractivity contribution in [1.82, 2.24) is 0 Å². The quantitative estimate of drug-likeness (QED) is 0.819. The highest BCUT2D eigenvalue weighted by Gasteiger charge is 2.07. The molecule has 0 aliphatic carbocycles. The van der Waals surface area contributed by atoms with E-state index >= 15 is 0 Å². The van der Waals surface area contributed by atoms with Crippen LogP contribution in [0, 0.1) is 5.92 Å². The molecular weight excluding hydrogens is 208 g/mol. The molecule has 0 bridgehead atoms. The molecular formula is C15H26N2. The standard InChI is InChI=1S/C15H26N2/c1-5-13(3)14-6-8-15(9-7-14)17(4)11-12(2)10-16/h6-9,12-13H,5,10-11,16H2,1-4H3. The van der Waals surface area contributed by atoms with E-state index in [1.807, 2.05) is 0 Å². The first-order valence-corrected chi connectivity index (χ1v) is 6.59. The van der Waals surface area contributed by atoms with Gasteiger partial charge in [0, 0.05) is 19.3 Å². The fraction of sp³-hybridized carbons (Fsp3) is 0.600. The zero-order valence-corrected chi connectivity index (χ0v) is 11.6. The van der Waals surface area contributed by atoms with Crippen molar-refractivity contribution in [2.75, 3.05) is 25.0 Å². The van der Waals surface area contributed by atoms with Crippen molar-refractivity contribution in [2.24, 2.45) is 11.7 Å². The molecule has 0 aliphatic rings. The Labute approximate surface area is 106 Å². The molecule has 17 heavy (non-hydrogen) atoms. The van der Waals surface area contributed by atoms with Crippen LogP contribution >= 0.6 is 0 Å². The molecule has 2 nitrogen and oxygen atoms in total. The third kappa shape index (κ3) is 4.04. The number of hydrogen-bond donors (Lipinski definition) is 1. The van der Waals surface area contributed by atoms with Gasteiger partial charge in [-0.25, -0.2) is 0 Å². The summed E-state index contributed by atoms with van der Waals surface area (Å²) in [5.74, 6) is 1.19. The average Bonchev–Trinajstić information content (AvgIpc) is 2.37. The topological polar surface area (TPSA) is 29.3 Å². The molecule has 0 amide bonds. The van der Waals surface area contributed by atoms with Crippen LogP contribution in [-0.4, -0.2) is 20.1 Å². The predicted octanol–water partition coefficient (Wildman–Crippen LogP) is 3.23. The zero-order valence-electron chi connectivity index (χ0n) is 11.6. The van der Waals surface area contributed by atoms with Gasteiger partial charge in [0.05, 0.1) is 0 Å². The molecule has 0 aromatic heterocycles. The molecule has 1 aromatic carbocycles. The van der Waals surface area contributed by atoms with Crippen molar-refractivity contribution in [3.05, 3.63) is 29.8 Å². The Hall–Kier alpha value is -1.02. The molecule has 2 unspecified atom stereocenters. The van der Waals surface area contributed by atoms with Crippen LogP contribution in [0.4, 0.5) is 5.69 Å². The molecule has 0 fully saturated rings. The van der Waals surface area contributed by atoms with Gasteiger partial charge in [-0.15, -0.1) is 0 Å². The van der Waals surface area contributed by atoms with Crippen molar-refractivity contribution in [3.8, 4) is 0 Å². The summed E-state index contributed by atoms with van der Waals surface area (Å²) in [7, 11) is 2.13. The molecule has 0 heterocycles. The second kappa shape index (κ2) is 6.65. The maximum Gasteiger partial charge on any atom is 0.0363 e. The van der Waals surface area contributed by atoms with E-state index in [1.165, 1.54) is 17.7 Å². The summed E-state index contributed by atoms with van der Waals surface area (Å²) in [5, 5.41) is 0. The van der Waals surface area contributed by atoms with E-state index in [9.17, 15) is 0 Å². The highest BCUT2D eigenvalue weighted by Crippen LogP contribution is 2.22. The van der Waals surface area contributed by atoms with Crippen LogP contribution in [0.2, 0.25) is 0 Å². The number of benzene rings is 1. The van der Waals surface area contributed by atoms with E-state index in [4.69, 9.17) is 5.73 Å². The number of nitrogens with zero attached hydrogens (tertiary/aromatic N) is 1. The second-order valence-electron chi connectivity index (χ2n) is 5.12. The molecule has 0 aliphatic heterocycles. The van der Waals surface area contributed by atoms with Crippen molar-refractivity contribution < 1.29 is 0 Å². The monoisotopic (exact) mass is 234 g/mol. The van der Waals surface area contributed by atoms with Gasteiger partial charge in [-0.2, -0.15) is 0 Å². The van der Waals surface area contributed by atoms with Gasteiger partial charge >= 0.3 is 0 Å². The normalized spacial score (nSPS) is 14.4. The third-order valence-corrected chi connectivity index (χ3v) is 3.50. The summed E-state index contributed by atoms with van der Waals surface area (Å²) in [6, 6.07) is 8.91. The molecule has 1 aromatic rings. The lowest BCUT2D eigenvalue weighted by Crippen LogP contribution is -2.28. The summed E-state index contributed by atoms with van der Waals surface area (Å²) in [5.41, 5.74) is 8.36. The Morgan fingerprint density at radius 2 is 1.76 bits per heavy atom. The molecule has 0 radical (unpaired) electrons. The van der Waals surface area contributed by atoms with Crippen LogP contribution in [0.3, 0.4) is 0 Å². The van der Waals surface area contributed by atoms with E-state index < -0.39 is 0 Å². The maximum absolute atomic E-state index is 5.65. The first-order valence-electron chi connectivity index (χ1n) is 6.59. The largest absolute Gasteiger partial charge is 0.374 e. The number of nitrogens with two attached hydrogens (primary N) is 1. The predicted molar refractivity (Wildman–Crippen MR) is 76.6 cm³/mol. The molecule has 2 atom stereocenters. The fourth-order valence-electron chi connectivity index (χ4n) is 1.94. The molecule has 0 saturated carbocycles. The van der Waals surface area contributed by atoms with Gasteiger partial charge in [-0.1, -0.05) is 32.9 Å². The average molecular weight is 234 g/mol.